The lowest BCUT2D eigenvalue weighted by Crippen LogP contribution is -2.56. The molecule has 106 valence electrons. The van der Waals surface area contributed by atoms with Crippen molar-refractivity contribution in [2.75, 3.05) is 40.0 Å². The van der Waals surface area contributed by atoms with Gasteiger partial charge >= 0.3 is 0 Å². The molecule has 2 unspecified atom stereocenters. The molecule has 0 radical (unpaired) electrons. The number of likely N-dealkylation sites (N-methyl/N-ethyl adjacent to an activating group) is 1. The second-order valence-corrected chi connectivity index (χ2v) is 5.76. The fourth-order valence-corrected chi connectivity index (χ4v) is 3.18. The minimum atomic E-state index is 0.328. The van der Waals surface area contributed by atoms with E-state index in [0.717, 1.165) is 45.8 Å². The van der Waals surface area contributed by atoms with E-state index in [0.29, 0.717) is 24.1 Å². The summed E-state index contributed by atoms with van der Waals surface area (Å²) in [6, 6.07) is 1.08. The van der Waals surface area contributed by atoms with Gasteiger partial charge in [0.25, 0.3) is 0 Å². The first-order valence-corrected chi connectivity index (χ1v) is 7.33. The number of nitrogens with one attached hydrogen (secondary N) is 1. The summed E-state index contributed by atoms with van der Waals surface area (Å²) >= 11 is 0. The van der Waals surface area contributed by atoms with Gasteiger partial charge in [0.05, 0.1) is 12.7 Å². The average Bonchev–Trinajstić information content (AvgIpc) is 2.41. The van der Waals surface area contributed by atoms with Crippen molar-refractivity contribution in [3.63, 3.8) is 0 Å². The van der Waals surface area contributed by atoms with Crippen molar-refractivity contribution in [2.45, 2.75) is 44.9 Å². The van der Waals surface area contributed by atoms with E-state index in [9.17, 15) is 0 Å². The Labute approximate surface area is 111 Å². The van der Waals surface area contributed by atoms with Crippen LogP contribution in [0.1, 0.15) is 26.7 Å². The zero-order chi connectivity index (χ0) is 13.0. The number of nitrogens with zero attached hydrogens (tertiary/aromatic N) is 1. The summed E-state index contributed by atoms with van der Waals surface area (Å²) in [7, 11) is 2.07. The van der Waals surface area contributed by atoms with Crippen molar-refractivity contribution in [1.82, 2.24) is 10.2 Å². The van der Waals surface area contributed by atoms with E-state index in [2.05, 4.69) is 31.1 Å². The van der Waals surface area contributed by atoms with Gasteiger partial charge in [-0.05, 0) is 39.7 Å². The van der Waals surface area contributed by atoms with Gasteiger partial charge in [-0.25, -0.2) is 0 Å². The highest BCUT2D eigenvalue weighted by molar-refractivity contribution is 4.88. The van der Waals surface area contributed by atoms with E-state index >= 15 is 0 Å². The average molecular weight is 256 g/mol. The lowest BCUT2D eigenvalue weighted by molar-refractivity contribution is -0.0728. The van der Waals surface area contributed by atoms with Crippen LogP contribution >= 0.6 is 0 Å². The van der Waals surface area contributed by atoms with E-state index in [1.54, 1.807) is 0 Å². The van der Waals surface area contributed by atoms with Gasteiger partial charge in [0, 0.05) is 38.4 Å². The standard InChI is InChI=1S/C14H28N2O2/c1-11(2)16-6-9-18-13(10-16)14(15-3)12-4-7-17-8-5-12/h11-15H,4-10H2,1-3H3. The lowest BCUT2D eigenvalue weighted by Gasteiger charge is -2.42. The molecule has 2 fully saturated rings. The number of hydrogen-bond acceptors (Lipinski definition) is 4. The molecule has 2 rings (SSSR count). The molecule has 0 amide bonds. The van der Waals surface area contributed by atoms with E-state index in [-0.39, 0.29) is 0 Å². The van der Waals surface area contributed by atoms with Crippen molar-refractivity contribution < 1.29 is 9.47 Å². The molecule has 2 atom stereocenters. The Kier molecular flexibility index (Phi) is 5.42. The van der Waals surface area contributed by atoms with Crippen LogP contribution in [0.25, 0.3) is 0 Å². The van der Waals surface area contributed by atoms with Gasteiger partial charge < -0.3 is 14.8 Å². The number of hydrogen-bond donors (Lipinski definition) is 1. The Bertz CT molecular complexity index is 242. The molecule has 0 saturated carbocycles. The Hall–Kier alpha value is -0.160. The van der Waals surface area contributed by atoms with Crippen LogP contribution in [-0.4, -0.2) is 63.0 Å². The maximum Gasteiger partial charge on any atom is 0.0858 e. The van der Waals surface area contributed by atoms with Crippen molar-refractivity contribution in [3.05, 3.63) is 0 Å². The molecular formula is C14H28N2O2. The molecule has 4 nitrogen and oxygen atoms in total. The third-order valence-electron chi connectivity index (χ3n) is 4.36. The summed E-state index contributed by atoms with van der Waals surface area (Å²) in [5, 5.41) is 3.49. The molecule has 2 heterocycles. The van der Waals surface area contributed by atoms with Gasteiger partial charge in [-0.1, -0.05) is 0 Å². The van der Waals surface area contributed by atoms with Crippen LogP contribution in [-0.2, 0) is 9.47 Å². The molecule has 0 aromatic heterocycles. The highest BCUT2D eigenvalue weighted by atomic mass is 16.5. The topological polar surface area (TPSA) is 33.7 Å². The van der Waals surface area contributed by atoms with Crippen LogP contribution in [0.2, 0.25) is 0 Å². The van der Waals surface area contributed by atoms with E-state index in [1.807, 2.05) is 0 Å². The molecule has 2 saturated heterocycles. The molecule has 1 N–H and O–H groups in total. The van der Waals surface area contributed by atoms with Gasteiger partial charge in [0.15, 0.2) is 0 Å². The molecule has 0 aliphatic carbocycles. The smallest absolute Gasteiger partial charge is 0.0858 e. The Morgan fingerprint density at radius 2 is 1.89 bits per heavy atom. The zero-order valence-corrected chi connectivity index (χ0v) is 12.0. The van der Waals surface area contributed by atoms with E-state index < -0.39 is 0 Å². The van der Waals surface area contributed by atoms with Crippen molar-refractivity contribution >= 4 is 0 Å². The Morgan fingerprint density at radius 3 is 2.50 bits per heavy atom. The maximum atomic E-state index is 6.02. The highest BCUT2D eigenvalue weighted by Crippen LogP contribution is 2.24. The van der Waals surface area contributed by atoms with Crippen LogP contribution in [0.3, 0.4) is 0 Å². The van der Waals surface area contributed by atoms with Crippen molar-refractivity contribution in [1.29, 1.82) is 0 Å². The minimum absolute atomic E-state index is 0.328. The first kappa shape index (κ1) is 14.3. The van der Waals surface area contributed by atoms with Gasteiger partial charge in [0.2, 0.25) is 0 Å². The summed E-state index contributed by atoms with van der Waals surface area (Å²) < 4.78 is 11.5. The van der Waals surface area contributed by atoms with Crippen LogP contribution in [0, 0.1) is 5.92 Å². The van der Waals surface area contributed by atoms with Gasteiger partial charge in [-0.2, -0.15) is 0 Å². The van der Waals surface area contributed by atoms with Gasteiger partial charge in [-0.3, -0.25) is 4.90 Å². The zero-order valence-electron chi connectivity index (χ0n) is 12.0. The van der Waals surface area contributed by atoms with Crippen LogP contribution in [0.4, 0.5) is 0 Å². The molecule has 4 heteroatoms. The monoisotopic (exact) mass is 256 g/mol. The quantitative estimate of drug-likeness (QED) is 0.817. The molecule has 2 aliphatic heterocycles. The van der Waals surface area contributed by atoms with Crippen molar-refractivity contribution in [2.24, 2.45) is 5.92 Å². The SMILES string of the molecule is CNC(C1CCOCC1)C1CN(C(C)C)CCO1. The third kappa shape index (κ3) is 3.44. The molecule has 0 aromatic carbocycles. The summed E-state index contributed by atoms with van der Waals surface area (Å²) in [6.07, 6.45) is 2.65. The van der Waals surface area contributed by atoms with Gasteiger partial charge in [0.1, 0.15) is 0 Å². The predicted octanol–water partition coefficient (Wildman–Crippen LogP) is 1.11. The largest absolute Gasteiger partial charge is 0.381 e. The highest BCUT2D eigenvalue weighted by Gasteiger charge is 2.34. The normalized spacial score (nSPS) is 29.7. The number of rotatable bonds is 4. The van der Waals surface area contributed by atoms with E-state index in [4.69, 9.17) is 9.47 Å². The number of ether oxygens (including phenoxy) is 2. The van der Waals surface area contributed by atoms with Crippen LogP contribution < -0.4 is 5.32 Å². The Balaban J connectivity index is 1.93. The molecule has 0 aromatic rings. The third-order valence-corrected chi connectivity index (χ3v) is 4.36. The molecule has 0 spiro atoms. The summed E-state index contributed by atoms with van der Waals surface area (Å²) in [4.78, 5) is 2.53. The van der Waals surface area contributed by atoms with Gasteiger partial charge in [-0.15, -0.1) is 0 Å². The Morgan fingerprint density at radius 1 is 1.17 bits per heavy atom. The first-order valence-electron chi connectivity index (χ1n) is 7.33. The molecular weight excluding hydrogens is 228 g/mol. The summed E-state index contributed by atoms with van der Waals surface area (Å²) in [5.41, 5.74) is 0. The first-order chi connectivity index (χ1) is 8.72. The van der Waals surface area contributed by atoms with Crippen LogP contribution in [0.15, 0.2) is 0 Å². The fourth-order valence-electron chi connectivity index (χ4n) is 3.18. The predicted molar refractivity (Wildman–Crippen MR) is 72.8 cm³/mol. The molecule has 2 aliphatic rings. The van der Waals surface area contributed by atoms with Crippen molar-refractivity contribution in [3.8, 4) is 0 Å². The van der Waals surface area contributed by atoms with Crippen LogP contribution in [0.5, 0.6) is 0 Å². The van der Waals surface area contributed by atoms with E-state index in [1.165, 1.54) is 0 Å². The maximum absolute atomic E-state index is 6.02. The fraction of sp³-hybridized carbons (Fsp3) is 1.00. The molecule has 18 heavy (non-hydrogen) atoms. The second-order valence-electron chi connectivity index (χ2n) is 5.76. The number of morpholine rings is 1. The lowest BCUT2D eigenvalue weighted by atomic mass is 9.87. The summed E-state index contributed by atoms with van der Waals surface area (Å²) in [5.74, 6) is 0.695. The minimum Gasteiger partial charge on any atom is -0.381 e. The second kappa shape index (κ2) is 6.85. The molecule has 0 bridgehead atoms. The summed E-state index contributed by atoms with van der Waals surface area (Å²) in [6.45, 7) is 9.34.